The highest BCUT2D eigenvalue weighted by molar-refractivity contribution is 7.98. The fourth-order valence-electron chi connectivity index (χ4n) is 3.53. The van der Waals surface area contributed by atoms with Gasteiger partial charge in [-0.3, -0.25) is 4.57 Å². The molecular formula is C25H21N5OS. The molecule has 6 nitrogen and oxygen atoms in total. The number of rotatable bonds is 7. The van der Waals surface area contributed by atoms with E-state index in [2.05, 4.69) is 40.7 Å². The minimum Gasteiger partial charge on any atom is -0.495 e. The van der Waals surface area contributed by atoms with Gasteiger partial charge in [0.15, 0.2) is 5.16 Å². The van der Waals surface area contributed by atoms with Crippen LogP contribution in [0.1, 0.15) is 5.56 Å². The van der Waals surface area contributed by atoms with Crippen LogP contribution in [0.3, 0.4) is 0 Å². The van der Waals surface area contributed by atoms with Crippen molar-refractivity contribution in [3.8, 4) is 28.4 Å². The summed E-state index contributed by atoms with van der Waals surface area (Å²) >= 11 is 1.62. The maximum atomic E-state index is 5.52. The minimum absolute atomic E-state index is 0.699. The molecule has 0 atom stereocenters. The number of hydrogen-bond donors (Lipinski definition) is 0. The van der Waals surface area contributed by atoms with Crippen LogP contribution in [-0.2, 0) is 5.75 Å². The Balaban J connectivity index is 1.48. The summed E-state index contributed by atoms with van der Waals surface area (Å²) in [6.07, 6.45) is 3.81. The summed E-state index contributed by atoms with van der Waals surface area (Å²) in [6, 6.07) is 28.3. The van der Waals surface area contributed by atoms with Gasteiger partial charge in [0.25, 0.3) is 0 Å². The Kier molecular flexibility index (Phi) is 5.72. The van der Waals surface area contributed by atoms with E-state index in [0.29, 0.717) is 5.75 Å². The fourth-order valence-corrected chi connectivity index (χ4v) is 4.41. The van der Waals surface area contributed by atoms with Crippen molar-refractivity contribution >= 4 is 11.8 Å². The molecule has 0 saturated heterocycles. The molecule has 7 heteroatoms. The lowest BCUT2D eigenvalue weighted by molar-refractivity contribution is 0.412. The van der Waals surface area contributed by atoms with Gasteiger partial charge in [-0.15, -0.1) is 10.2 Å². The van der Waals surface area contributed by atoms with Crippen LogP contribution >= 0.6 is 11.8 Å². The second-order valence-electron chi connectivity index (χ2n) is 7.09. The van der Waals surface area contributed by atoms with Crippen LogP contribution in [-0.4, -0.2) is 31.7 Å². The number of nitrogens with zero attached hydrogens (tertiary/aromatic N) is 5. The topological polar surface area (TPSA) is 57.8 Å². The molecule has 0 spiro atoms. The van der Waals surface area contributed by atoms with Crippen molar-refractivity contribution in [2.75, 3.05) is 7.11 Å². The van der Waals surface area contributed by atoms with Crippen LogP contribution in [0.4, 0.5) is 0 Å². The third-order valence-electron chi connectivity index (χ3n) is 5.08. The standard InChI is InChI=1S/C25H21N5OS/c1-31-23-15-9-8-14-22(23)29-18-26-27-25(29)32-17-20-16-30(21-12-6-3-7-13-21)28-24(20)19-10-4-2-5-11-19/h2-16,18H,17H2,1H3. The first-order valence-corrected chi connectivity index (χ1v) is 11.2. The maximum absolute atomic E-state index is 5.52. The van der Waals surface area contributed by atoms with Gasteiger partial charge in [-0.1, -0.05) is 72.4 Å². The molecule has 0 amide bonds. The predicted octanol–water partition coefficient (Wildman–Crippen LogP) is 5.42. The number of aromatic nitrogens is 5. The van der Waals surface area contributed by atoms with Crippen LogP contribution < -0.4 is 4.74 Å². The lowest BCUT2D eigenvalue weighted by atomic mass is 10.1. The number of thioether (sulfide) groups is 1. The molecule has 2 aromatic heterocycles. The van der Waals surface area contributed by atoms with Gasteiger partial charge in [0.05, 0.1) is 24.2 Å². The van der Waals surface area contributed by atoms with Crippen LogP contribution in [0.2, 0.25) is 0 Å². The maximum Gasteiger partial charge on any atom is 0.196 e. The highest BCUT2D eigenvalue weighted by atomic mass is 32.2. The Hall–Kier alpha value is -3.84. The van der Waals surface area contributed by atoms with Crippen LogP contribution in [0.25, 0.3) is 22.6 Å². The molecule has 0 aliphatic heterocycles. The zero-order valence-corrected chi connectivity index (χ0v) is 18.3. The first-order valence-electron chi connectivity index (χ1n) is 10.2. The molecule has 0 bridgehead atoms. The van der Waals surface area contributed by atoms with Gasteiger partial charge in [0.1, 0.15) is 12.1 Å². The van der Waals surface area contributed by atoms with E-state index < -0.39 is 0 Å². The molecule has 0 saturated carbocycles. The number of hydrogen-bond acceptors (Lipinski definition) is 5. The second kappa shape index (κ2) is 9.11. The third-order valence-corrected chi connectivity index (χ3v) is 6.07. The van der Waals surface area contributed by atoms with Gasteiger partial charge < -0.3 is 4.74 Å². The quantitative estimate of drug-likeness (QED) is 0.317. The molecule has 0 radical (unpaired) electrons. The van der Waals surface area contributed by atoms with Gasteiger partial charge in [-0.05, 0) is 24.3 Å². The number of ether oxygens (including phenoxy) is 1. The van der Waals surface area contributed by atoms with E-state index in [0.717, 1.165) is 39.1 Å². The molecule has 0 aliphatic carbocycles. The molecule has 5 rings (SSSR count). The first kappa shape index (κ1) is 20.1. The van der Waals surface area contributed by atoms with E-state index in [1.165, 1.54) is 0 Å². The zero-order valence-electron chi connectivity index (χ0n) is 17.5. The Morgan fingerprint density at radius 1 is 0.875 bits per heavy atom. The smallest absolute Gasteiger partial charge is 0.196 e. The number of para-hydroxylation sites is 3. The summed E-state index contributed by atoms with van der Waals surface area (Å²) in [5.74, 6) is 1.47. The van der Waals surface area contributed by atoms with Crippen molar-refractivity contribution in [3.63, 3.8) is 0 Å². The Labute approximate surface area is 190 Å². The van der Waals surface area contributed by atoms with Crippen LogP contribution in [0.15, 0.2) is 103 Å². The number of benzene rings is 3. The van der Waals surface area contributed by atoms with Crippen LogP contribution in [0.5, 0.6) is 5.75 Å². The average molecular weight is 440 g/mol. The fraction of sp³-hybridized carbons (Fsp3) is 0.0800. The third kappa shape index (κ3) is 4.02. The van der Waals surface area contributed by atoms with Crippen molar-refractivity contribution < 1.29 is 4.74 Å². The van der Waals surface area contributed by atoms with E-state index in [9.17, 15) is 0 Å². The molecule has 0 N–H and O–H groups in total. The van der Waals surface area contributed by atoms with Gasteiger partial charge in [0.2, 0.25) is 0 Å². The largest absolute Gasteiger partial charge is 0.495 e. The van der Waals surface area contributed by atoms with Crippen molar-refractivity contribution in [2.24, 2.45) is 0 Å². The van der Waals surface area contributed by atoms with Crippen molar-refractivity contribution in [1.82, 2.24) is 24.5 Å². The molecule has 0 fully saturated rings. The average Bonchev–Trinajstić information content (AvgIpc) is 3.51. The SMILES string of the molecule is COc1ccccc1-n1cnnc1SCc1cn(-c2ccccc2)nc1-c1ccccc1. The Morgan fingerprint density at radius 3 is 2.38 bits per heavy atom. The minimum atomic E-state index is 0.699. The molecule has 0 unspecified atom stereocenters. The van der Waals surface area contributed by atoms with Gasteiger partial charge >= 0.3 is 0 Å². The molecule has 158 valence electrons. The Morgan fingerprint density at radius 2 is 1.59 bits per heavy atom. The van der Waals surface area contributed by atoms with E-state index in [1.807, 2.05) is 69.9 Å². The molecule has 32 heavy (non-hydrogen) atoms. The highest BCUT2D eigenvalue weighted by Gasteiger charge is 2.16. The monoisotopic (exact) mass is 439 g/mol. The first-order chi connectivity index (χ1) is 15.8. The highest BCUT2D eigenvalue weighted by Crippen LogP contribution is 2.31. The van der Waals surface area contributed by atoms with Gasteiger partial charge in [-0.2, -0.15) is 5.10 Å². The van der Waals surface area contributed by atoms with Crippen molar-refractivity contribution in [1.29, 1.82) is 0 Å². The van der Waals surface area contributed by atoms with Crippen molar-refractivity contribution in [2.45, 2.75) is 10.9 Å². The van der Waals surface area contributed by atoms with Gasteiger partial charge in [0, 0.05) is 23.1 Å². The molecule has 0 aliphatic rings. The van der Waals surface area contributed by atoms with E-state index in [4.69, 9.17) is 9.84 Å². The summed E-state index contributed by atoms with van der Waals surface area (Å²) < 4.78 is 9.40. The van der Waals surface area contributed by atoms with Crippen molar-refractivity contribution in [3.05, 3.63) is 103 Å². The molecular weight excluding hydrogens is 418 g/mol. The van der Waals surface area contributed by atoms with Gasteiger partial charge in [-0.25, -0.2) is 4.68 Å². The summed E-state index contributed by atoms with van der Waals surface area (Å²) in [5.41, 5.74) is 5.11. The van der Waals surface area contributed by atoms with Crippen LogP contribution in [0, 0.1) is 0 Å². The molecule has 3 aromatic carbocycles. The zero-order chi connectivity index (χ0) is 21.8. The molecule has 2 heterocycles. The van der Waals surface area contributed by atoms with E-state index in [1.54, 1.807) is 25.2 Å². The summed E-state index contributed by atoms with van der Waals surface area (Å²) in [7, 11) is 1.67. The summed E-state index contributed by atoms with van der Waals surface area (Å²) in [6.45, 7) is 0. The van der Waals surface area contributed by atoms with E-state index in [-0.39, 0.29) is 0 Å². The Bertz CT molecular complexity index is 1310. The predicted molar refractivity (Wildman–Crippen MR) is 126 cm³/mol. The number of methoxy groups -OCH3 is 1. The van der Waals surface area contributed by atoms with E-state index >= 15 is 0 Å². The lowest BCUT2D eigenvalue weighted by Crippen LogP contribution is -1.98. The molecule has 5 aromatic rings. The lowest BCUT2D eigenvalue weighted by Gasteiger charge is -2.10. The summed E-state index contributed by atoms with van der Waals surface area (Å²) in [5, 5.41) is 14.2. The second-order valence-corrected chi connectivity index (χ2v) is 8.04. The normalized spacial score (nSPS) is 10.9. The summed E-state index contributed by atoms with van der Waals surface area (Å²) in [4.78, 5) is 0.